The first-order chi connectivity index (χ1) is 9.22. The number of hydrogen-bond donors (Lipinski definition) is 1. The number of benzene rings is 1. The highest BCUT2D eigenvalue weighted by Crippen LogP contribution is 2.34. The molecular weight excluding hydrogens is 276 g/mol. The van der Waals surface area contributed by atoms with Crippen LogP contribution in [0.15, 0.2) is 29.2 Å². The molecule has 0 aliphatic carbocycles. The van der Waals surface area contributed by atoms with Crippen molar-refractivity contribution in [2.24, 2.45) is 11.7 Å². The van der Waals surface area contributed by atoms with Gasteiger partial charge in [0.25, 0.3) is 0 Å². The van der Waals surface area contributed by atoms with Crippen molar-refractivity contribution in [1.82, 2.24) is 0 Å². The Morgan fingerprint density at radius 3 is 3.11 bits per heavy atom. The van der Waals surface area contributed by atoms with E-state index in [-0.39, 0.29) is 5.91 Å². The van der Waals surface area contributed by atoms with Crippen LogP contribution in [0.2, 0.25) is 0 Å². The number of para-hydroxylation sites is 1. The van der Waals surface area contributed by atoms with Crippen LogP contribution in [-0.4, -0.2) is 36.3 Å². The standard InChI is InChI=1S/C14H20N2OS2/c1-11(8-15)9-18-10-14(17)16-6-7-19-13-5-3-2-4-12(13)16/h2-5,11H,6-10,15H2,1H3. The van der Waals surface area contributed by atoms with Crippen LogP contribution < -0.4 is 10.6 Å². The molecule has 1 heterocycles. The van der Waals surface area contributed by atoms with Crippen LogP contribution in [0.25, 0.3) is 0 Å². The lowest BCUT2D eigenvalue weighted by Crippen LogP contribution is -2.36. The maximum absolute atomic E-state index is 12.3. The highest BCUT2D eigenvalue weighted by Gasteiger charge is 2.22. The van der Waals surface area contributed by atoms with Crippen LogP contribution in [0.1, 0.15) is 6.92 Å². The number of hydrogen-bond acceptors (Lipinski definition) is 4. The van der Waals surface area contributed by atoms with E-state index in [2.05, 4.69) is 13.0 Å². The Bertz CT molecular complexity index is 439. The van der Waals surface area contributed by atoms with Crippen LogP contribution in [0, 0.1) is 5.92 Å². The highest BCUT2D eigenvalue weighted by molar-refractivity contribution is 8.00. The van der Waals surface area contributed by atoms with E-state index >= 15 is 0 Å². The molecule has 1 amide bonds. The van der Waals surface area contributed by atoms with Gasteiger partial charge in [0.05, 0.1) is 11.4 Å². The van der Waals surface area contributed by atoms with Gasteiger partial charge in [0.1, 0.15) is 0 Å². The van der Waals surface area contributed by atoms with Crippen molar-refractivity contribution in [3.8, 4) is 0 Å². The second-order valence-corrected chi connectivity index (χ2v) is 6.88. The zero-order valence-corrected chi connectivity index (χ0v) is 12.8. The lowest BCUT2D eigenvalue weighted by Gasteiger charge is -2.29. The average molecular weight is 296 g/mol. The second kappa shape index (κ2) is 7.22. The first-order valence-corrected chi connectivity index (χ1v) is 8.66. The first-order valence-electron chi connectivity index (χ1n) is 6.52. The molecule has 1 aromatic rings. The molecule has 0 radical (unpaired) electrons. The molecule has 5 heteroatoms. The van der Waals surface area contributed by atoms with E-state index in [0.29, 0.717) is 18.2 Å². The number of nitrogens with zero attached hydrogens (tertiary/aromatic N) is 1. The molecule has 0 spiro atoms. The molecule has 3 nitrogen and oxygen atoms in total. The monoisotopic (exact) mass is 296 g/mol. The number of thioether (sulfide) groups is 2. The SMILES string of the molecule is CC(CN)CSCC(=O)N1CCSc2ccccc21. The van der Waals surface area contributed by atoms with Crippen molar-refractivity contribution in [2.75, 3.05) is 35.2 Å². The van der Waals surface area contributed by atoms with Gasteiger partial charge >= 0.3 is 0 Å². The Morgan fingerprint density at radius 1 is 1.53 bits per heavy atom. The Labute approximate surface area is 123 Å². The molecule has 1 atom stereocenters. The van der Waals surface area contributed by atoms with Crippen molar-refractivity contribution in [3.63, 3.8) is 0 Å². The third kappa shape index (κ3) is 3.91. The molecular formula is C14H20N2OS2. The van der Waals surface area contributed by atoms with Gasteiger partial charge in [-0.15, -0.1) is 11.8 Å². The highest BCUT2D eigenvalue weighted by atomic mass is 32.2. The summed E-state index contributed by atoms with van der Waals surface area (Å²) in [5.41, 5.74) is 6.65. The molecule has 0 aromatic heterocycles. The number of anilines is 1. The Balaban J connectivity index is 1.93. The molecule has 19 heavy (non-hydrogen) atoms. The Kier molecular flexibility index (Phi) is 5.60. The molecule has 1 aliphatic heterocycles. The largest absolute Gasteiger partial charge is 0.330 e. The van der Waals surface area contributed by atoms with Gasteiger partial charge in [0.2, 0.25) is 5.91 Å². The van der Waals surface area contributed by atoms with Crippen LogP contribution in [0.3, 0.4) is 0 Å². The van der Waals surface area contributed by atoms with E-state index in [9.17, 15) is 4.79 Å². The zero-order valence-electron chi connectivity index (χ0n) is 11.2. The Hall–Kier alpha value is -0.650. The van der Waals surface area contributed by atoms with E-state index < -0.39 is 0 Å². The summed E-state index contributed by atoms with van der Waals surface area (Å²) >= 11 is 3.51. The fourth-order valence-electron chi connectivity index (χ4n) is 1.92. The quantitative estimate of drug-likeness (QED) is 0.906. The van der Waals surface area contributed by atoms with Gasteiger partial charge < -0.3 is 10.6 Å². The Morgan fingerprint density at radius 2 is 2.32 bits per heavy atom. The maximum atomic E-state index is 12.3. The summed E-state index contributed by atoms with van der Waals surface area (Å²) in [7, 11) is 0. The van der Waals surface area contributed by atoms with Gasteiger partial charge in [-0.05, 0) is 30.3 Å². The van der Waals surface area contributed by atoms with Crippen molar-refractivity contribution in [3.05, 3.63) is 24.3 Å². The molecule has 0 fully saturated rings. The predicted octanol–water partition coefficient (Wildman–Crippen LogP) is 2.45. The summed E-state index contributed by atoms with van der Waals surface area (Å²) in [4.78, 5) is 15.4. The minimum Gasteiger partial charge on any atom is -0.330 e. The molecule has 1 aliphatic rings. The lowest BCUT2D eigenvalue weighted by atomic mass is 10.2. The molecule has 104 valence electrons. The van der Waals surface area contributed by atoms with Crippen molar-refractivity contribution < 1.29 is 4.79 Å². The maximum Gasteiger partial charge on any atom is 0.237 e. The number of carbonyl (C=O) groups excluding carboxylic acids is 1. The molecule has 0 saturated heterocycles. The summed E-state index contributed by atoms with van der Waals surface area (Å²) in [6, 6.07) is 8.14. The van der Waals surface area contributed by atoms with Crippen LogP contribution in [0.4, 0.5) is 5.69 Å². The molecule has 1 aromatic carbocycles. The number of rotatable bonds is 5. The summed E-state index contributed by atoms with van der Waals surface area (Å²) in [5, 5.41) is 0. The fourth-order valence-corrected chi connectivity index (χ4v) is 3.90. The summed E-state index contributed by atoms with van der Waals surface area (Å²) in [6.07, 6.45) is 0. The third-order valence-electron chi connectivity index (χ3n) is 3.06. The number of nitrogens with two attached hydrogens (primary N) is 1. The first kappa shape index (κ1) is 14.8. The van der Waals surface area contributed by atoms with Gasteiger partial charge in [0, 0.05) is 17.2 Å². The lowest BCUT2D eigenvalue weighted by molar-refractivity contribution is -0.116. The van der Waals surface area contributed by atoms with Gasteiger partial charge in [-0.25, -0.2) is 0 Å². The molecule has 0 saturated carbocycles. The molecule has 1 unspecified atom stereocenters. The van der Waals surface area contributed by atoms with Crippen LogP contribution in [-0.2, 0) is 4.79 Å². The zero-order chi connectivity index (χ0) is 13.7. The van der Waals surface area contributed by atoms with Crippen LogP contribution >= 0.6 is 23.5 Å². The van der Waals surface area contributed by atoms with E-state index in [1.165, 1.54) is 4.90 Å². The molecule has 2 rings (SSSR count). The summed E-state index contributed by atoms with van der Waals surface area (Å²) in [5.74, 6) is 3.16. The summed E-state index contributed by atoms with van der Waals surface area (Å²) < 4.78 is 0. The van der Waals surface area contributed by atoms with Crippen molar-refractivity contribution in [2.45, 2.75) is 11.8 Å². The van der Waals surface area contributed by atoms with Gasteiger partial charge in [-0.1, -0.05) is 19.1 Å². The number of fused-ring (bicyclic) bond motifs is 1. The van der Waals surface area contributed by atoms with E-state index in [1.807, 2.05) is 34.9 Å². The third-order valence-corrected chi connectivity index (χ3v) is 5.36. The number of carbonyl (C=O) groups is 1. The normalized spacial score (nSPS) is 16.0. The van der Waals surface area contributed by atoms with Crippen molar-refractivity contribution in [1.29, 1.82) is 0 Å². The van der Waals surface area contributed by atoms with E-state index in [0.717, 1.165) is 23.7 Å². The summed E-state index contributed by atoms with van der Waals surface area (Å²) in [6.45, 7) is 3.61. The molecule has 0 bridgehead atoms. The topological polar surface area (TPSA) is 46.3 Å². The fraction of sp³-hybridized carbons (Fsp3) is 0.500. The smallest absolute Gasteiger partial charge is 0.237 e. The van der Waals surface area contributed by atoms with E-state index in [4.69, 9.17) is 5.73 Å². The van der Waals surface area contributed by atoms with E-state index in [1.54, 1.807) is 11.8 Å². The van der Waals surface area contributed by atoms with Crippen LogP contribution in [0.5, 0.6) is 0 Å². The minimum absolute atomic E-state index is 0.210. The second-order valence-electron chi connectivity index (χ2n) is 4.72. The minimum atomic E-state index is 0.210. The van der Waals surface area contributed by atoms with Gasteiger partial charge in [-0.3, -0.25) is 4.79 Å². The van der Waals surface area contributed by atoms with Gasteiger partial charge in [-0.2, -0.15) is 11.8 Å². The number of amides is 1. The predicted molar refractivity (Wildman–Crippen MR) is 85.1 cm³/mol. The average Bonchev–Trinajstić information content (AvgIpc) is 2.46. The molecule has 2 N–H and O–H groups in total. The van der Waals surface area contributed by atoms with Crippen molar-refractivity contribution >= 4 is 35.1 Å². The van der Waals surface area contributed by atoms with Gasteiger partial charge in [0.15, 0.2) is 0 Å².